The van der Waals surface area contributed by atoms with E-state index in [2.05, 4.69) is 5.32 Å². The maximum atomic E-state index is 13.2. The topological polar surface area (TPSA) is 164 Å². The second kappa shape index (κ2) is 9.73. The number of amides is 1. The second-order valence-electron chi connectivity index (χ2n) is 8.35. The van der Waals surface area contributed by atoms with Gasteiger partial charge in [-0.3, -0.25) is 9.35 Å². The molecule has 0 bridgehead atoms. The maximum absolute atomic E-state index is 13.2. The molecule has 1 amide bonds. The number of carbonyl (C=O) groups excluding carboxylic acids is 1. The van der Waals surface area contributed by atoms with E-state index in [1.165, 1.54) is 12.1 Å². The van der Waals surface area contributed by atoms with Crippen molar-refractivity contribution in [3.63, 3.8) is 0 Å². The third-order valence-electron chi connectivity index (χ3n) is 4.61. The van der Waals surface area contributed by atoms with Crippen molar-refractivity contribution in [1.29, 1.82) is 0 Å². The van der Waals surface area contributed by atoms with Crippen molar-refractivity contribution < 1.29 is 31.3 Å². The number of nitrogens with two attached hydrogens (primary N) is 1. The third-order valence-corrected chi connectivity index (χ3v) is 8.87. The van der Waals surface area contributed by atoms with Crippen LogP contribution in [0.15, 0.2) is 29.2 Å². The Morgan fingerprint density at radius 1 is 1.03 bits per heavy atom. The molecule has 5 N–H and O–H groups in total. The van der Waals surface area contributed by atoms with Crippen LogP contribution in [0, 0.1) is 18.8 Å². The first kappa shape index (κ1) is 26.5. The molecule has 0 saturated heterocycles. The van der Waals surface area contributed by atoms with Gasteiger partial charge in [0.25, 0.3) is 0 Å². The smallest absolute Gasteiger partial charge is 0.318 e. The van der Waals surface area contributed by atoms with E-state index < -0.39 is 47.1 Å². The van der Waals surface area contributed by atoms with Crippen LogP contribution in [-0.4, -0.2) is 48.8 Å². The third kappa shape index (κ3) is 5.79. The van der Waals surface area contributed by atoms with Crippen LogP contribution in [0.2, 0.25) is 0 Å². The highest BCUT2D eigenvalue weighted by Gasteiger charge is 2.60. The summed E-state index contributed by atoms with van der Waals surface area (Å²) < 4.78 is 57.0. The quantitative estimate of drug-likeness (QED) is 0.375. The van der Waals surface area contributed by atoms with Crippen molar-refractivity contribution in [3.05, 3.63) is 29.8 Å². The Bertz CT molecular complexity index is 942. The van der Waals surface area contributed by atoms with E-state index in [9.17, 15) is 31.3 Å². The van der Waals surface area contributed by atoms with Crippen LogP contribution >= 0.6 is 0 Å². The number of rotatable bonds is 10. The Kier molecular flexibility index (Phi) is 8.60. The van der Waals surface area contributed by atoms with Crippen LogP contribution in [-0.2, 0) is 24.7 Å². The van der Waals surface area contributed by atoms with Crippen molar-refractivity contribution in [2.24, 2.45) is 17.6 Å². The summed E-state index contributed by atoms with van der Waals surface area (Å²) >= 11 is 0. The first-order valence-electron chi connectivity index (χ1n) is 9.60. The van der Waals surface area contributed by atoms with Crippen LogP contribution in [0.25, 0.3) is 0 Å². The summed E-state index contributed by atoms with van der Waals surface area (Å²) in [6.07, 6.45) is 0.0107. The maximum Gasteiger partial charge on any atom is 0.318 e. The molecular formula is C19H32N2O7S2. The Labute approximate surface area is 178 Å². The average Bonchev–Trinajstić information content (AvgIpc) is 2.58. The Morgan fingerprint density at radius 2 is 1.50 bits per heavy atom. The van der Waals surface area contributed by atoms with Gasteiger partial charge in [-0.05, 0) is 43.7 Å². The standard InChI is InChI=1S/C19H32N2O7S2/c1-12(2)10-16(20)18(22)21-17(11-13(3)4)19(23,30(26,27)28)29(24,25)15-8-6-14(5)7-9-15/h6-9,12-13,16-17,23H,10-11,20H2,1-5H3,(H,21,22)(H,26,27,28)/t16-,17?,19?/m0/s1. The predicted molar refractivity (Wildman–Crippen MR) is 114 cm³/mol. The minimum absolute atomic E-state index is 0.0473. The molecular weight excluding hydrogens is 432 g/mol. The summed E-state index contributed by atoms with van der Waals surface area (Å²) in [5, 5.41) is 13.3. The van der Waals surface area contributed by atoms with Crippen LogP contribution in [0.4, 0.5) is 0 Å². The summed E-state index contributed by atoms with van der Waals surface area (Å²) in [6, 6.07) is 2.19. The Morgan fingerprint density at radius 3 is 1.90 bits per heavy atom. The summed E-state index contributed by atoms with van der Waals surface area (Å²) in [5.41, 5.74) is 6.54. The van der Waals surface area contributed by atoms with Gasteiger partial charge in [0, 0.05) is 0 Å². The molecule has 1 aromatic carbocycles. The molecule has 0 radical (unpaired) electrons. The minimum atomic E-state index is -5.61. The van der Waals surface area contributed by atoms with Gasteiger partial charge in [0.15, 0.2) is 0 Å². The molecule has 11 heteroatoms. The first-order chi connectivity index (χ1) is 13.5. The van der Waals surface area contributed by atoms with Crippen molar-refractivity contribution in [3.8, 4) is 0 Å². The first-order valence-corrected chi connectivity index (χ1v) is 12.5. The summed E-state index contributed by atoms with van der Waals surface area (Å²) in [6.45, 7) is 8.65. The lowest BCUT2D eigenvalue weighted by Crippen LogP contribution is -2.63. The molecule has 0 spiro atoms. The van der Waals surface area contributed by atoms with Crippen molar-refractivity contribution in [2.45, 2.75) is 68.7 Å². The van der Waals surface area contributed by atoms with Crippen LogP contribution in [0.3, 0.4) is 0 Å². The van der Waals surface area contributed by atoms with Crippen molar-refractivity contribution >= 4 is 25.9 Å². The molecule has 1 rings (SSSR count). The molecule has 0 fully saturated rings. The molecule has 172 valence electrons. The molecule has 0 saturated carbocycles. The number of aliphatic hydroxyl groups is 1. The van der Waals surface area contributed by atoms with Gasteiger partial charge in [0.05, 0.1) is 17.0 Å². The Hall–Kier alpha value is -1.53. The highest BCUT2D eigenvalue weighted by molar-refractivity contribution is 8.07. The number of benzene rings is 1. The molecule has 0 aliphatic heterocycles. The zero-order valence-electron chi connectivity index (χ0n) is 17.9. The lowest BCUT2D eigenvalue weighted by molar-refractivity contribution is -0.124. The number of hydrogen-bond acceptors (Lipinski definition) is 7. The monoisotopic (exact) mass is 464 g/mol. The van der Waals surface area contributed by atoms with Gasteiger partial charge >= 0.3 is 14.4 Å². The van der Waals surface area contributed by atoms with Gasteiger partial charge in [0.2, 0.25) is 15.7 Å². The molecule has 3 atom stereocenters. The zero-order valence-corrected chi connectivity index (χ0v) is 19.5. The predicted octanol–water partition coefficient (Wildman–Crippen LogP) is 1.21. The van der Waals surface area contributed by atoms with Gasteiger partial charge in [-0.1, -0.05) is 45.4 Å². The minimum Gasteiger partial charge on any atom is -0.359 e. The largest absolute Gasteiger partial charge is 0.359 e. The normalized spacial score (nSPS) is 16.9. The van der Waals surface area contributed by atoms with E-state index in [0.29, 0.717) is 5.56 Å². The fraction of sp³-hybridized carbons (Fsp3) is 0.632. The van der Waals surface area contributed by atoms with Crippen LogP contribution in [0.1, 0.15) is 46.1 Å². The second-order valence-corrected chi connectivity index (χ2v) is 12.3. The number of nitrogens with one attached hydrogen (secondary N) is 1. The average molecular weight is 465 g/mol. The molecule has 30 heavy (non-hydrogen) atoms. The molecule has 0 aliphatic rings. The van der Waals surface area contributed by atoms with E-state index in [-0.39, 0.29) is 24.7 Å². The van der Waals surface area contributed by atoms with E-state index in [1.54, 1.807) is 20.8 Å². The fourth-order valence-electron chi connectivity index (χ4n) is 3.06. The van der Waals surface area contributed by atoms with Crippen molar-refractivity contribution in [1.82, 2.24) is 5.32 Å². The summed E-state index contributed by atoms with van der Waals surface area (Å²) in [5.74, 6) is -1.11. The van der Waals surface area contributed by atoms with Gasteiger partial charge in [-0.2, -0.15) is 8.42 Å². The van der Waals surface area contributed by atoms with Gasteiger partial charge in [0.1, 0.15) is 0 Å². The van der Waals surface area contributed by atoms with E-state index in [0.717, 1.165) is 12.1 Å². The summed E-state index contributed by atoms with van der Waals surface area (Å²) in [4.78, 5) is 12.0. The summed E-state index contributed by atoms with van der Waals surface area (Å²) in [7, 11) is -10.7. The lowest BCUT2D eigenvalue weighted by Gasteiger charge is -2.35. The SMILES string of the molecule is Cc1ccc(S(=O)(=O)C(O)(C(CC(C)C)NC(=O)[C@@H](N)CC(C)C)S(=O)(=O)O)cc1. The van der Waals surface area contributed by atoms with Gasteiger partial charge in [-0.25, -0.2) is 8.42 Å². The lowest BCUT2D eigenvalue weighted by atomic mass is 10.0. The molecule has 9 nitrogen and oxygen atoms in total. The number of carbonyl (C=O) groups is 1. The molecule has 2 unspecified atom stereocenters. The molecule has 1 aromatic rings. The van der Waals surface area contributed by atoms with Gasteiger partial charge in [-0.15, -0.1) is 0 Å². The number of sulfone groups is 1. The van der Waals surface area contributed by atoms with E-state index >= 15 is 0 Å². The molecule has 0 aromatic heterocycles. The molecule has 0 aliphatic carbocycles. The van der Waals surface area contributed by atoms with Crippen LogP contribution in [0.5, 0.6) is 0 Å². The van der Waals surface area contributed by atoms with Crippen molar-refractivity contribution in [2.75, 3.05) is 0 Å². The van der Waals surface area contributed by atoms with Crippen LogP contribution < -0.4 is 11.1 Å². The highest BCUT2D eigenvalue weighted by atomic mass is 32.3. The van der Waals surface area contributed by atoms with Gasteiger partial charge < -0.3 is 16.2 Å². The zero-order chi connectivity index (χ0) is 23.5. The molecule has 0 heterocycles. The highest BCUT2D eigenvalue weighted by Crippen LogP contribution is 2.34. The van der Waals surface area contributed by atoms with E-state index in [4.69, 9.17) is 5.73 Å². The Balaban J connectivity index is 3.58. The van der Waals surface area contributed by atoms with E-state index in [1.807, 2.05) is 13.8 Å². The number of aryl methyl sites for hydroxylation is 1. The number of hydrogen-bond donors (Lipinski definition) is 4. The fourth-order valence-corrected chi connectivity index (χ4v) is 6.33.